The van der Waals surface area contributed by atoms with Gasteiger partial charge in [-0.2, -0.15) is 0 Å². The molecule has 2 unspecified atom stereocenters. The van der Waals surface area contributed by atoms with Gasteiger partial charge in [0, 0.05) is 28.6 Å². The monoisotopic (exact) mass is 192 g/mol. The molecule has 5 heteroatoms. The number of hydrogen-bond donors (Lipinski definition) is 2. The van der Waals surface area contributed by atoms with Crippen LogP contribution in [-0.2, 0) is 14.5 Å². The average molecular weight is 192 g/mol. The molecule has 1 heterocycles. The Balaban J connectivity index is 2.39. The minimum absolute atomic E-state index is 0.0244. The van der Waals surface area contributed by atoms with Crippen molar-refractivity contribution in [3.8, 4) is 0 Å². The third-order valence-corrected chi connectivity index (χ3v) is 3.77. The standard InChI is InChI=1S/C7H16N2O2S/c1-2-12(8,10)6-7-5-9-3-4-11-7/h7-9H,2-6H2,1H3. The van der Waals surface area contributed by atoms with Crippen LogP contribution in [0.5, 0.6) is 0 Å². The molecule has 2 atom stereocenters. The minimum Gasteiger partial charge on any atom is -0.375 e. The Kier molecular flexibility index (Phi) is 3.49. The summed E-state index contributed by atoms with van der Waals surface area (Å²) in [5.41, 5.74) is 0. The maximum absolute atomic E-state index is 11.4. The largest absolute Gasteiger partial charge is 0.375 e. The van der Waals surface area contributed by atoms with Crippen LogP contribution in [0.2, 0.25) is 0 Å². The molecule has 1 saturated heterocycles. The van der Waals surface area contributed by atoms with Crippen LogP contribution < -0.4 is 5.32 Å². The smallest absolute Gasteiger partial charge is 0.0823 e. The van der Waals surface area contributed by atoms with Crippen LogP contribution in [0.3, 0.4) is 0 Å². The van der Waals surface area contributed by atoms with Gasteiger partial charge in [-0.05, 0) is 0 Å². The highest BCUT2D eigenvalue weighted by molar-refractivity contribution is 7.92. The predicted molar refractivity (Wildman–Crippen MR) is 48.9 cm³/mol. The number of rotatable bonds is 3. The van der Waals surface area contributed by atoms with Crippen molar-refractivity contribution in [1.29, 1.82) is 4.78 Å². The Hall–Kier alpha value is -0.130. The van der Waals surface area contributed by atoms with Gasteiger partial charge in [0.2, 0.25) is 0 Å². The first-order valence-corrected chi connectivity index (χ1v) is 6.10. The highest BCUT2D eigenvalue weighted by Gasteiger charge is 2.17. The first kappa shape index (κ1) is 9.95. The molecule has 0 aliphatic carbocycles. The van der Waals surface area contributed by atoms with E-state index in [2.05, 4.69) is 5.32 Å². The van der Waals surface area contributed by atoms with Crippen molar-refractivity contribution in [1.82, 2.24) is 5.32 Å². The number of hydrogen-bond acceptors (Lipinski definition) is 4. The molecule has 1 fully saturated rings. The molecule has 0 bridgehead atoms. The molecule has 0 aromatic carbocycles. The van der Waals surface area contributed by atoms with Crippen LogP contribution in [0, 0.1) is 4.78 Å². The van der Waals surface area contributed by atoms with Gasteiger partial charge in [-0.1, -0.05) is 6.92 Å². The first-order valence-electron chi connectivity index (χ1n) is 4.20. The van der Waals surface area contributed by atoms with E-state index in [1.807, 2.05) is 0 Å². The molecule has 1 aliphatic heterocycles. The van der Waals surface area contributed by atoms with Gasteiger partial charge in [-0.25, -0.2) is 4.21 Å². The van der Waals surface area contributed by atoms with Crippen LogP contribution in [0.1, 0.15) is 6.92 Å². The molecule has 0 radical (unpaired) electrons. The highest BCUT2D eigenvalue weighted by Crippen LogP contribution is 2.02. The summed E-state index contributed by atoms with van der Waals surface area (Å²) in [5, 5.41) is 3.15. The van der Waals surface area contributed by atoms with Gasteiger partial charge in [0.05, 0.1) is 18.5 Å². The topological polar surface area (TPSA) is 62.2 Å². The lowest BCUT2D eigenvalue weighted by Crippen LogP contribution is -2.42. The maximum atomic E-state index is 11.4. The molecule has 4 nitrogen and oxygen atoms in total. The third kappa shape index (κ3) is 3.08. The van der Waals surface area contributed by atoms with E-state index in [1.165, 1.54) is 0 Å². The predicted octanol–water partition coefficient (Wildman–Crippen LogP) is 0.0415. The van der Waals surface area contributed by atoms with E-state index in [9.17, 15) is 4.21 Å². The molecule has 0 spiro atoms. The van der Waals surface area contributed by atoms with Crippen molar-refractivity contribution >= 4 is 9.73 Å². The molecule has 0 aromatic heterocycles. The quantitative estimate of drug-likeness (QED) is 0.663. The summed E-state index contributed by atoms with van der Waals surface area (Å²) in [6, 6.07) is 0. The van der Waals surface area contributed by atoms with Crippen LogP contribution in [0.4, 0.5) is 0 Å². The Labute approximate surface area is 73.7 Å². The lowest BCUT2D eigenvalue weighted by molar-refractivity contribution is 0.0433. The van der Waals surface area contributed by atoms with Crippen LogP contribution in [0.25, 0.3) is 0 Å². The van der Waals surface area contributed by atoms with Crippen molar-refractivity contribution < 1.29 is 8.95 Å². The second-order valence-electron chi connectivity index (χ2n) is 2.96. The fourth-order valence-electron chi connectivity index (χ4n) is 1.14. The molecule has 0 aromatic rings. The summed E-state index contributed by atoms with van der Waals surface area (Å²) in [6.07, 6.45) is -0.0244. The summed E-state index contributed by atoms with van der Waals surface area (Å²) in [6.45, 7) is 4.05. The van der Waals surface area contributed by atoms with Crippen molar-refractivity contribution in [2.75, 3.05) is 31.2 Å². The summed E-state index contributed by atoms with van der Waals surface area (Å²) in [4.78, 5) is 0. The summed E-state index contributed by atoms with van der Waals surface area (Å²) >= 11 is 0. The molecular formula is C7H16N2O2S. The Morgan fingerprint density at radius 3 is 3.00 bits per heavy atom. The molecular weight excluding hydrogens is 176 g/mol. The van der Waals surface area contributed by atoms with Crippen molar-refractivity contribution in [2.24, 2.45) is 0 Å². The van der Waals surface area contributed by atoms with Crippen LogP contribution in [0.15, 0.2) is 0 Å². The van der Waals surface area contributed by atoms with Gasteiger partial charge in [0.15, 0.2) is 0 Å². The summed E-state index contributed by atoms with van der Waals surface area (Å²) in [5.74, 6) is 0.795. The number of nitrogens with one attached hydrogen (secondary N) is 2. The van der Waals surface area contributed by atoms with E-state index in [4.69, 9.17) is 9.52 Å². The van der Waals surface area contributed by atoms with Gasteiger partial charge < -0.3 is 10.1 Å². The Morgan fingerprint density at radius 1 is 1.75 bits per heavy atom. The van der Waals surface area contributed by atoms with E-state index in [-0.39, 0.29) is 6.10 Å². The van der Waals surface area contributed by atoms with Gasteiger partial charge in [-0.3, -0.25) is 4.78 Å². The van der Waals surface area contributed by atoms with Gasteiger partial charge >= 0.3 is 0 Å². The zero-order valence-electron chi connectivity index (χ0n) is 7.34. The van der Waals surface area contributed by atoms with E-state index < -0.39 is 9.73 Å². The van der Waals surface area contributed by atoms with E-state index in [0.717, 1.165) is 13.1 Å². The van der Waals surface area contributed by atoms with Crippen molar-refractivity contribution in [2.45, 2.75) is 13.0 Å². The van der Waals surface area contributed by atoms with Crippen molar-refractivity contribution in [3.05, 3.63) is 0 Å². The number of ether oxygens (including phenoxy) is 1. The number of morpholine rings is 1. The molecule has 0 saturated carbocycles. The van der Waals surface area contributed by atoms with Crippen molar-refractivity contribution in [3.63, 3.8) is 0 Å². The normalized spacial score (nSPS) is 29.6. The van der Waals surface area contributed by atoms with Gasteiger partial charge in [0.25, 0.3) is 0 Å². The van der Waals surface area contributed by atoms with E-state index in [1.54, 1.807) is 6.92 Å². The highest BCUT2D eigenvalue weighted by atomic mass is 32.2. The van der Waals surface area contributed by atoms with Gasteiger partial charge in [0.1, 0.15) is 0 Å². The molecule has 0 amide bonds. The van der Waals surface area contributed by atoms with Crippen LogP contribution >= 0.6 is 0 Å². The fourth-order valence-corrected chi connectivity index (χ4v) is 2.20. The van der Waals surface area contributed by atoms with E-state index in [0.29, 0.717) is 18.1 Å². The molecule has 2 N–H and O–H groups in total. The molecule has 1 rings (SSSR count). The second-order valence-corrected chi connectivity index (χ2v) is 5.50. The molecule has 72 valence electrons. The Morgan fingerprint density at radius 2 is 2.50 bits per heavy atom. The second kappa shape index (κ2) is 4.20. The zero-order chi connectivity index (χ0) is 9.03. The van der Waals surface area contributed by atoms with Crippen LogP contribution in [-0.4, -0.2) is 41.5 Å². The SMILES string of the molecule is CCS(=N)(=O)CC1CNCCO1. The Bertz CT molecular complexity index is 220. The third-order valence-electron chi connectivity index (χ3n) is 1.93. The first-order chi connectivity index (χ1) is 5.64. The summed E-state index contributed by atoms with van der Waals surface area (Å²) in [7, 11) is -2.38. The fraction of sp³-hybridized carbons (Fsp3) is 1.00. The zero-order valence-corrected chi connectivity index (χ0v) is 8.15. The summed E-state index contributed by atoms with van der Waals surface area (Å²) < 4.78 is 24.2. The lowest BCUT2D eigenvalue weighted by Gasteiger charge is -2.23. The molecule has 1 aliphatic rings. The average Bonchev–Trinajstić information content (AvgIpc) is 2.06. The van der Waals surface area contributed by atoms with E-state index >= 15 is 0 Å². The maximum Gasteiger partial charge on any atom is 0.0823 e. The van der Waals surface area contributed by atoms with Gasteiger partial charge in [-0.15, -0.1) is 0 Å². The molecule has 12 heavy (non-hydrogen) atoms. The lowest BCUT2D eigenvalue weighted by atomic mass is 10.3. The minimum atomic E-state index is -2.38.